The van der Waals surface area contributed by atoms with Gasteiger partial charge in [-0.1, -0.05) is 0 Å². The summed E-state index contributed by atoms with van der Waals surface area (Å²) in [4.78, 5) is 13.2. The zero-order chi connectivity index (χ0) is 13.8. The highest BCUT2D eigenvalue weighted by molar-refractivity contribution is 5.90. The number of ether oxygens (including phenoxy) is 3. The van der Waals surface area contributed by atoms with Crippen molar-refractivity contribution in [3.05, 3.63) is 18.2 Å². The highest BCUT2D eigenvalue weighted by atomic mass is 16.6. The number of nitriles is 1. The van der Waals surface area contributed by atoms with E-state index in [0.717, 1.165) is 0 Å². The van der Waals surface area contributed by atoms with Crippen LogP contribution in [0, 0.1) is 11.3 Å². The van der Waals surface area contributed by atoms with Gasteiger partial charge in [0.05, 0.1) is 38.9 Å². The molecule has 100 valence electrons. The first-order valence-corrected chi connectivity index (χ1v) is 5.76. The second-order valence-corrected chi connectivity index (χ2v) is 4.02. The molecule has 1 aromatic carbocycles. The first-order chi connectivity index (χ1) is 9.19. The molecule has 1 fully saturated rings. The largest absolute Gasteiger partial charge is 0.493 e. The van der Waals surface area contributed by atoms with Crippen LogP contribution in [0.5, 0.6) is 11.5 Å². The van der Waals surface area contributed by atoms with Crippen LogP contribution in [0.15, 0.2) is 18.2 Å². The summed E-state index contributed by atoms with van der Waals surface area (Å²) in [6.45, 7) is 0.363. The van der Waals surface area contributed by atoms with Crippen LogP contribution in [0.3, 0.4) is 0 Å². The molecule has 6 heteroatoms. The maximum Gasteiger partial charge on any atom is 0.414 e. The van der Waals surface area contributed by atoms with E-state index in [1.807, 2.05) is 6.07 Å². The molecule has 1 aromatic rings. The van der Waals surface area contributed by atoms with Gasteiger partial charge < -0.3 is 14.2 Å². The van der Waals surface area contributed by atoms with E-state index in [-0.39, 0.29) is 12.5 Å². The van der Waals surface area contributed by atoms with Crippen molar-refractivity contribution in [3.63, 3.8) is 0 Å². The molecule has 0 bridgehead atoms. The molecule has 1 saturated heterocycles. The quantitative estimate of drug-likeness (QED) is 0.829. The fourth-order valence-electron chi connectivity index (χ4n) is 1.93. The lowest BCUT2D eigenvalue weighted by Gasteiger charge is -2.15. The maximum atomic E-state index is 11.7. The zero-order valence-electron chi connectivity index (χ0n) is 10.8. The average Bonchev–Trinajstić information content (AvgIpc) is 2.79. The van der Waals surface area contributed by atoms with E-state index in [0.29, 0.717) is 23.7 Å². The molecule has 1 aliphatic rings. The minimum atomic E-state index is -0.451. The minimum Gasteiger partial charge on any atom is -0.493 e. The van der Waals surface area contributed by atoms with Crippen molar-refractivity contribution in [2.45, 2.75) is 12.5 Å². The normalized spacial score (nSPS) is 17.8. The van der Waals surface area contributed by atoms with Crippen molar-refractivity contribution in [1.29, 1.82) is 5.26 Å². The molecule has 0 aromatic heterocycles. The Morgan fingerprint density at radius 3 is 2.79 bits per heavy atom. The fourth-order valence-corrected chi connectivity index (χ4v) is 1.93. The van der Waals surface area contributed by atoms with Gasteiger partial charge in [-0.25, -0.2) is 4.79 Å². The molecule has 0 radical (unpaired) electrons. The molecule has 0 spiro atoms. The van der Waals surface area contributed by atoms with Crippen LogP contribution in [0.4, 0.5) is 10.5 Å². The Hall–Kier alpha value is -2.42. The van der Waals surface area contributed by atoms with Gasteiger partial charge in [0.2, 0.25) is 0 Å². The van der Waals surface area contributed by atoms with Gasteiger partial charge in [0.1, 0.15) is 6.10 Å². The van der Waals surface area contributed by atoms with Crippen LogP contribution in [-0.4, -0.2) is 33.0 Å². The van der Waals surface area contributed by atoms with Gasteiger partial charge in [-0.05, 0) is 12.1 Å². The molecule has 0 N–H and O–H groups in total. The summed E-state index contributed by atoms with van der Waals surface area (Å²) in [5.41, 5.74) is 0.656. The van der Waals surface area contributed by atoms with Crippen molar-refractivity contribution < 1.29 is 19.0 Å². The van der Waals surface area contributed by atoms with Crippen molar-refractivity contribution >= 4 is 11.8 Å². The molecule has 1 aliphatic heterocycles. The Labute approximate surface area is 111 Å². The van der Waals surface area contributed by atoms with E-state index < -0.39 is 6.09 Å². The monoisotopic (exact) mass is 262 g/mol. The fraction of sp³-hybridized carbons (Fsp3) is 0.385. The summed E-state index contributed by atoms with van der Waals surface area (Å²) < 4.78 is 15.4. The molecule has 6 nitrogen and oxygen atoms in total. The molecule has 0 aliphatic carbocycles. The molecular formula is C13H14N2O4. The standard InChI is InChI=1S/C13H14N2O4/c1-17-11-4-3-9(7-12(11)18-2)15-8-10(5-6-14)19-13(15)16/h3-4,7,10H,5,8H2,1-2H3. The smallest absolute Gasteiger partial charge is 0.414 e. The van der Waals surface area contributed by atoms with Crippen LogP contribution in [0.2, 0.25) is 0 Å². The van der Waals surface area contributed by atoms with E-state index in [1.54, 1.807) is 25.3 Å². The van der Waals surface area contributed by atoms with Gasteiger partial charge in [-0.2, -0.15) is 5.26 Å². The molecule has 19 heavy (non-hydrogen) atoms. The van der Waals surface area contributed by atoms with Crippen molar-refractivity contribution in [1.82, 2.24) is 0 Å². The number of amides is 1. The van der Waals surface area contributed by atoms with Gasteiger partial charge in [-0.3, -0.25) is 4.90 Å². The lowest BCUT2D eigenvalue weighted by atomic mass is 10.2. The first kappa shape index (κ1) is 13.0. The average molecular weight is 262 g/mol. The van der Waals surface area contributed by atoms with Crippen LogP contribution in [0.25, 0.3) is 0 Å². The Bertz CT molecular complexity index is 524. The van der Waals surface area contributed by atoms with Gasteiger partial charge in [-0.15, -0.1) is 0 Å². The summed E-state index contributed by atoms with van der Waals surface area (Å²) in [7, 11) is 3.08. The Morgan fingerprint density at radius 1 is 1.42 bits per heavy atom. The second-order valence-electron chi connectivity index (χ2n) is 4.02. The summed E-state index contributed by atoms with van der Waals surface area (Å²) in [5, 5.41) is 8.62. The van der Waals surface area contributed by atoms with Gasteiger partial charge >= 0.3 is 6.09 Å². The lowest BCUT2D eigenvalue weighted by molar-refractivity contribution is 0.143. The summed E-state index contributed by atoms with van der Waals surface area (Å²) in [5.74, 6) is 1.13. The third-order valence-corrected chi connectivity index (χ3v) is 2.87. The van der Waals surface area contributed by atoms with Gasteiger partial charge in [0.15, 0.2) is 11.5 Å². The maximum absolute atomic E-state index is 11.7. The van der Waals surface area contributed by atoms with Crippen molar-refractivity contribution in [3.8, 4) is 17.6 Å². The third kappa shape index (κ3) is 2.55. The van der Waals surface area contributed by atoms with E-state index in [2.05, 4.69) is 0 Å². The van der Waals surface area contributed by atoms with E-state index in [1.165, 1.54) is 12.0 Å². The predicted molar refractivity (Wildman–Crippen MR) is 67.4 cm³/mol. The Morgan fingerprint density at radius 2 is 2.16 bits per heavy atom. The molecule has 2 rings (SSSR count). The number of hydrogen-bond acceptors (Lipinski definition) is 5. The highest BCUT2D eigenvalue weighted by Gasteiger charge is 2.32. The number of carbonyl (C=O) groups is 1. The molecule has 1 unspecified atom stereocenters. The topological polar surface area (TPSA) is 71.8 Å². The SMILES string of the molecule is COc1ccc(N2CC(CC#N)OC2=O)cc1OC. The van der Waals surface area contributed by atoms with Crippen LogP contribution >= 0.6 is 0 Å². The third-order valence-electron chi connectivity index (χ3n) is 2.87. The number of cyclic esters (lactones) is 1. The van der Waals surface area contributed by atoms with Crippen molar-refractivity contribution in [2.75, 3.05) is 25.7 Å². The number of methoxy groups -OCH3 is 2. The number of benzene rings is 1. The van der Waals surface area contributed by atoms with Crippen molar-refractivity contribution in [2.24, 2.45) is 0 Å². The number of carbonyl (C=O) groups excluding carboxylic acids is 1. The van der Waals surface area contributed by atoms with E-state index >= 15 is 0 Å². The predicted octanol–water partition coefficient (Wildman–Crippen LogP) is 1.94. The van der Waals surface area contributed by atoms with Crippen LogP contribution in [-0.2, 0) is 4.74 Å². The lowest BCUT2D eigenvalue weighted by Crippen LogP contribution is -2.24. The molecular weight excluding hydrogens is 248 g/mol. The highest BCUT2D eigenvalue weighted by Crippen LogP contribution is 2.33. The molecule has 0 saturated carbocycles. The van der Waals surface area contributed by atoms with Gasteiger partial charge in [0.25, 0.3) is 0 Å². The van der Waals surface area contributed by atoms with E-state index in [9.17, 15) is 4.79 Å². The minimum absolute atomic E-state index is 0.190. The second kappa shape index (κ2) is 5.48. The zero-order valence-corrected chi connectivity index (χ0v) is 10.8. The summed E-state index contributed by atoms with van der Waals surface area (Å²) in [6, 6.07) is 7.17. The Balaban J connectivity index is 2.23. The summed E-state index contributed by atoms with van der Waals surface area (Å²) in [6.07, 6.45) is -0.645. The molecule has 1 amide bonds. The molecule has 1 heterocycles. The Kier molecular flexibility index (Phi) is 3.76. The number of rotatable bonds is 4. The summed E-state index contributed by atoms with van der Waals surface area (Å²) >= 11 is 0. The van der Waals surface area contributed by atoms with Gasteiger partial charge in [0, 0.05) is 6.07 Å². The van der Waals surface area contributed by atoms with Crippen LogP contribution in [0.1, 0.15) is 6.42 Å². The number of hydrogen-bond donors (Lipinski definition) is 0. The van der Waals surface area contributed by atoms with E-state index in [4.69, 9.17) is 19.5 Å². The first-order valence-electron chi connectivity index (χ1n) is 5.76. The van der Waals surface area contributed by atoms with Crippen LogP contribution < -0.4 is 14.4 Å². The number of anilines is 1. The number of nitrogens with zero attached hydrogens (tertiary/aromatic N) is 2. The molecule has 1 atom stereocenters.